The highest BCUT2D eigenvalue weighted by Gasteiger charge is 2.13. The predicted octanol–water partition coefficient (Wildman–Crippen LogP) is 2.59. The monoisotopic (exact) mass is 265 g/mol. The predicted molar refractivity (Wildman–Crippen MR) is 75.3 cm³/mol. The van der Waals surface area contributed by atoms with Crippen LogP contribution in [0.15, 0.2) is 53.1 Å². The average molecular weight is 265 g/mol. The molecule has 3 aromatic heterocycles. The highest BCUT2D eigenvalue weighted by Crippen LogP contribution is 2.23. The van der Waals surface area contributed by atoms with Gasteiger partial charge in [0.25, 0.3) is 0 Å². The van der Waals surface area contributed by atoms with Crippen LogP contribution in [0, 0.1) is 0 Å². The van der Waals surface area contributed by atoms with Crippen LogP contribution in [-0.4, -0.2) is 19.7 Å². The second-order valence-electron chi connectivity index (χ2n) is 4.42. The summed E-state index contributed by atoms with van der Waals surface area (Å²) in [6.07, 6.45) is 1.60. The number of imidazole rings is 1. The van der Waals surface area contributed by atoms with Gasteiger partial charge >= 0.3 is 0 Å². The van der Waals surface area contributed by atoms with Gasteiger partial charge < -0.3 is 15.1 Å². The van der Waals surface area contributed by atoms with Crippen molar-refractivity contribution in [2.45, 2.75) is 0 Å². The van der Waals surface area contributed by atoms with Gasteiger partial charge in [0, 0.05) is 6.07 Å². The Morgan fingerprint density at radius 3 is 2.85 bits per heavy atom. The van der Waals surface area contributed by atoms with Gasteiger partial charge in [0.15, 0.2) is 5.76 Å². The van der Waals surface area contributed by atoms with Crippen molar-refractivity contribution < 1.29 is 4.42 Å². The highest BCUT2D eigenvalue weighted by atomic mass is 16.3. The van der Waals surface area contributed by atoms with E-state index < -0.39 is 0 Å². The lowest BCUT2D eigenvalue weighted by Gasteiger charge is -1.97. The number of nitrogen functional groups attached to an aromatic ring is 1. The van der Waals surface area contributed by atoms with E-state index >= 15 is 0 Å². The fraction of sp³-hybridized carbons (Fsp3) is 0. The van der Waals surface area contributed by atoms with E-state index in [1.807, 2.05) is 36.4 Å². The standard InChI is InChI=1S/C14H11N5O/c15-13-8-11(12-6-3-7-20-12)18-19(13)14-16-9-4-1-2-5-10(9)17-14/h1-8H,15H2,(H,16,17). The van der Waals surface area contributed by atoms with Gasteiger partial charge in [-0.1, -0.05) is 12.1 Å². The Balaban J connectivity index is 1.85. The van der Waals surface area contributed by atoms with E-state index in [0.29, 0.717) is 23.2 Å². The lowest BCUT2D eigenvalue weighted by atomic mass is 10.3. The number of H-pyrrole nitrogens is 1. The van der Waals surface area contributed by atoms with Crippen LogP contribution in [0.2, 0.25) is 0 Å². The normalized spacial score (nSPS) is 11.2. The van der Waals surface area contributed by atoms with E-state index in [2.05, 4.69) is 15.1 Å². The third-order valence-electron chi connectivity index (χ3n) is 3.09. The third-order valence-corrected chi connectivity index (χ3v) is 3.09. The summed E-state index contributed by atoms with van der Waals surface area (Å²) in [5.41, 5.74) is 8.49. The molecule has 0 saturated heterocycles. The molecule has 98 valence electrons. The zero-order valence-corrected chi connectivity index (χ0v) is 10.4. The molecular weight excluding hydrogens is 254 g/mol. The number of aromatic amines is 1. The highest BCUT2D eigenvalue weighted by molar-refractivity contribution is 5.76. The maximum absolute atomic E-state index is 6.00. The number of fused-ring (bicyclic) bond motifs is 1. The number of furan rings is 1. The molecular formula is C14H11N5O. The van der Waals surface area contributed by atoms with Crippen molar-refractivity contribution in [3.05, 3.63) is 48.7 Å². The van der Waals surface area contributed by atoms with Gasteiger partial charge in [0.2, 0.25) is 5.95 Å². The molecule has 20 heavy (non-hydrogen) atoms. The zero-order chi connectivity index (χ0) is 13.5. The summed E-state index contributed by atoms with van der Waals surface area (Å²) in [4.78, 5) is 7.66. The fourth-order valence-electron chi connectivity index (χ4n) is 2.15. The molecule has 4 aromatic rings. The lowest BCUT2D eigenvalue weighted by molar-refractivity contribution is 0.579. The number of anilines is 1. The molecule has 0 aliphatic carbocycles. The summed E-state index contributed by atoms with van der Waals surface area (Å²) in [5.74, 6) is 1.75. The Kier molecular flexibility index (Phi) is 2.17. The van der Waals surface area contributed by atoms with Crippen LogP contribution in [-0.2, 0) is 0 Å². The van der Waals surface area contributed by atoms with E-state index in [1.165, 1.54) is 0 Å². The van der Waals surface area contributed by atoms with Gasteiger partial charge in [-0.2, -0.15) is 9.78 Å². The van der Waals surface area contributed by atoms with Crippen LogP contribution in [0.3, 0.4) is 0 Å². The number of nitrogens with one attached hydrogen (secondary N) is 1. The summed E-state index contributed by atoms with van der Waals surface area (Å²) in [6, 6.07) is 13.2. The second kappa shape index (κ2) is 3.99. The van der Waals surface area contributed by atoms with Crippen molar-refractivity contribution >= 4 is 16.9 Å². The molecule has 3 heterocycles. The molecule has 0 fully saturated rings. The molecule has 0 aliphatic rings. The Morgan fingerprint density at radius 1 is 1.15 bits per heavy atom. The summed E-state index contributed by atoms with van der Waals surface area (Å²) in [5, 5.41) is 4.42. The number of benzene rings is 1. The Morgan fingerprint density at radius 2 is 2.05 bits per heavy atom. The summed E-state index contributed by atoms with van der Waals surface area (Å²) in [7, 11) is 0. The molecule has 0 amide bonds. The first-order valence-electron chi connectivity index (χ1n) is 6.16. The quantitative estimate of drug-likeness (QED) is 0.583. The Hall–Kier alpha value is -3.02. The van der Waals surface area contributed by atoms with Crippen LogP contribution in [0.5, 0.6) is 0 Å². The van der Waals surface area contributed by atoms with Crippen LogP contribution in [0.4, 0.5) is 5.82 Å². The summed E-state index contributed by atoms with van der Waals surface area (Å²) >= 11 is 0. The lowest BCUT2D eigenvalue weighted by Crippen LogP contribution is -2.03. The number of nitrogens with two attached hydrogens (primary N) is 1. The van der Waals surface area contributed by atoms with E-state index in [9.17, 15) is 0 Å². The SMILES string of the molecule is Nc1cc(-c2ccco2)nn1-c1nc2ccccc2[nH]1. The molecule has 1 aromatic carbocycles. The molecule has 0 bridgehead atoms. The van der Waals surface area contributed by atoms with Gasteiger partial charge in [-0.15, -0.1) is 0 Å². The molecule has 0 saturated carbocycles. The minimum atomic E-state index is 0.496. The number of para-hydroxylation sites is 2. The third kappa shape index (κ3) is 1.58. The first-order chi connectivity index (χ1) is 9.81. The number of hydrogen-bond donors (Lipinski definition) is 2. The van der Waals surface area contributed by atoms with Gasteiger partial charge in [-0.05, 0) is 24.3 Å². The number of hydrogen-bond acceptors (Lipinski definition) is 4. The van der Waals surface area contributed by atoms with Crippen molar-refractivity contribution in [1.82, 2.24) is 19.7 Å². The molecule has 0 radical (unpaired) electrons. The average Bonchev–Trinajstić information content (AvgIpc) is 3.16. The minimum absolute atomic E-state index is 0.496. The maximum Gasteiger partial charge on any atom is 0.231 e. The second-order valence-corrected chi connectivity index (χ2v) is 4.42. The number of nitrogens with zero attached hydrogens (tertiary/aromatic N) is 3. The summed E-state index contributed by atoms with van der Waals surface area (Å²) < 4.78 is 6.89. The van der Waals surface area contributed by atoms with Crippen LogP contribution in [0.1, 0.15) is 0 Å². The van der Waals surface area contributed by atoms with E-state index in [0.717, 1.165) is 11.0 Å². The van der Waals surface area contributed by atoms with E-state index in [1.54, 1.807) is 17.0 Å². The van der Waals surface area contributed by atoms with Crippen molar-refractivity contribution in [2.24, 2.45) is 0 Å². The molecule has 0 spiro atoms. The Bertz CT molecular complexity index is 839. The van der Waals surface area contributed by atoms with E-state index in [-0.39, 0.29) is 0 Å². The van der Waals surface area contributed by atoms with Gasteiger partial charge in [0.05, 0.1) is 17.3 Å². The minimum Gasteiger partial charge on any atom is -0.463 e. The molecule has 0 atom stereocenters. The van der Waals surface area contributed by atoms with Gasteiger partial charge in [-0.3, -0.25) is 0 Å². The molecule has 0 unspecified atom stereocenters. The Labute approximate surface area is 113 Å². The maximum atomic E-state index is 6.00. The molecule has 6 nitrogen and oxygen atoms in total. The number of aromatic nitrogens is 4. The van der Waals surface area contributed by atoms with Crippen molar-refractivity contribution in [2.75, 3.05) is 5.73 Å². The summed E-state index contributed by atoms with van der Waals surface area (Å²) in [6.45, 7) is 0. The van der Waals surface area contributed by atoms with Crippen LogP contribution in [0.25, 0.3) is 28.4 Å². The van der Waals surface area contributed by atoms with Crippen molar-refractivity contribution in [3.8, 4) is 17.4 Å². The van der Waals surface area contributed by atoms with Gasteiger partial charge in [-0.25, -0.2) is 4.98 Å². The number of rotatable bonds is 2. The fourth-order valence-corrected chi connectivity index (χ4v) is 2.15. The first-order valence-corrected chi connectivity index (χ1v) is 6.16. The van der Waals surface area contributed by atoms with E-state index in [4.69, 9.17) is 10.2 Å². The van der Waals surface area contributed by atoms with Gasteiger partial charge in [0.1, 0.15) is 11.5 Å². The van der Waals surface area contributed by atoms with Crippen LogP contribution < -0.4 is 5.73 Å². The largest absolute Gasteiger partial charge is 0.463 e. The smallest absolute Gasteiger partial charge is 0.231 e. The first kappa shape index (κ1) is 10.9. The molecule has 0 aliphatic heterocycles. The van der Waals surface area contributed by atoms with Crippen molar-refractivity contribution in [1.29, 1.82) is 0 Å². The molecule has 6 heteroatoms. The molecule has 3 N–H and O–H groups in total. The van der Waals surface area contributed by atoms with Crippen LogP contribution >= 0.6 is 0 Å². The topological polar surface area (TPSA) is 85.7 Å². The zero-order valence-electron chi connectivity index (χ0n) is 10.4. The molecule has 4 rings (SSSR count). The van der Waals surface area contributed by atoms with Crippen molar-refractivity contribution in [3.63, 3.8) is 0 Å².